The third-order valence-electron chi connectivity index (χ3n) is 11.8. The minimum atomic E-state index is -0.195. The van der Waals surface area contributed by atoms with Crippen molar-refractivity contribution < 1.29 is 8.83 Å². The Morgan fingerprint density at radius 3 is 2.21 bits per heavy atom. The number of para-hydroxylation sites is 2. The molecule has 2 atom stereocenters. The average molecular weight is 737 g/mol. The van der Waals surface area contributed by atoms with Gasteiger partial charge >= 0.3 is 0 Å². The van der Waals surface area contributed by atoms with Gasteiger partial charge in [-0.25, -0.2) is 9.98 Å². The molecule has 0 radical (unpaired) electrons. The van der Waals surface area contributed by atoms with Crippen LogP contribution in [-0.2, 0) is 0 Å². The minimum absolute atomic E-state index is 0.0167. The van der Waals surface area contributed by atoms with Crippen LogP contribution in [0.3, 0.4) is 0 Å². The molecule has 9 aromatic rings. The lowest BCUT2D eigenvalue weighted by atomic mass is 9.94. The Labute approximate surface area is 327 Å². The molecule has 0 amide bonds. The van der Waals surface area contributed by atoms with Gasteiger partial charge in [0, 0.05) is 38.2 Å². The zero-order valence-corrected chi connectivity index (χ0v) is 31.0. The zero-order valence-electron chi connectivity index (χ0n) is 31.0. The van der Waals surface area contributed by atoms with E-state index in [2.05, 4.69) is 168 Å². The van der Waals surface area contributed by atoms with Gasteiger partial charge in [0.1, 0.15) is 40.0 Å². The van der Waals surface area contributed by atoms with Crippen molar-refractivity contribution >= 4 is 78.5 Å². The number of allylic oxidation sites excluding steroid dienone is 2. The average Bonchev–Trinajstić information content (AvgIpc) is 3.96. The van der Waals surface area contributed by atoms with E-state index in [4.69, 9.17) is 18.8 Å². The van der Waals surface area contributed by atoms with Crippen molar-refractivity contribution in [1.82, 2.24) is 9.88 Å². The van der Waals surface area contributed by atoms with Crippen molar-refractivity contribution in [2.45, 2.75) is 25.4 Å². The summed E-state index contributed by atoms with van der Waals surface area (Å²) in [7, 11) is 0. The maximum absolute atomic E-state index is 6.57. The summed E-state index contributed by atoms with van der Waals surface area (Å²) in [6, 6.07) is 47.0. The number of aliphatic imine (C=N–C) groups is 2. The number of aromatic nitrogens is 1. The van der Waals surface area contributed by atoms with Crippen LogP contribution in [0.5, 0.6) is 0 Å². The fraction of sp³-hybridized carbons (Fsp3) is 0.0980. The van der Waals surface area contributed by atoms with E-state index in [9.17, 15) is 0 Å². The SMILES string of the molecule is C1=CC(C2N=C(C3C=c4c(oc5cccc(-c6ccc7oc8cccc(-n9c%10ccccc%10c%10ccccc%109)c8c7c6)c45)=CC3)N=C(c3ccccc3)N2)=CCC1. The molecule has 6 nitrogen and oxygen atoms in total. The number of fused-ring (bicyclic) bond motifs is 9. The van der Waals surface area contributed by atoms with Gasteiger partial charge in [-0.05, 0) is 84.5 Å². The van der Waals surface area contributed by atoms with E-state index < -0.39 is 0 Å². The largest absolute Gasteiger partial charge is 0.456 e. The Morgan fingerprint density at radius 1 is 0.632 bits per heavy atom. The Balaban J connectivity index is 1.02. The van der Waals surface area contributed by atoms with Crippen LogP contribution in [0, 0.1) is 5.92 Å². The van der Waals surface area contributed by atoms with Crippen LogP contribution in [0.4, 0.5) is 0 Å². The van der Waals surface area contributed by atoms with Gasteiger partial charge in [-0.3, -0.25) is 0 Å². The Morgan fingerprint density at radius 2 is 1.40 bits per heavy atom. The lowest BCUT2D eigenvalue weighted by Crippen LogP contribution is -2.41. The van der Waals surface area contributed by atoms with Crippen LogP contribution in [0.25, 0.3) is 83.7 Å². The molecule has 0 saturated carbocycles. The molecule has 272 valence electrons. The molecule has 12 rings (SSSR count). The maximum atomic E-state index is 6.57. The second-order valence-electron chi connectivity index (χ2n) is 15.1. The summed E-state index contributed by atoms with van der Waals surface area (Å²) in [5.41, 5.74) is 11.4. The first kappa shape index (κ1) is 32.1. The Hall–Kier alpha value is -7.18. The topological polar surface area (TPSA) is 68.0 Å². The number of nitrogens with zero attached hydrogens (tertiary/aromatic N) is 3. The zero-order chi connectivity index (χ0) is 37.5. The highest BCUT2D eigenvalue weighted by Gasteiger charge is 2.27. The van der Waals surface area contributed by atoms with Gasteiger partial charge in [0.25, 0.3) is 0 Å². The van der Waals surface area contributed by atoms with E-state index in [-0.39, 0.29) is 12.1 Å². The highest BCUT2D eigenvalue weighted by molar-refractivity contribution is 6.15. The van der Waals surface area contributed by atoms with Crippen LogP contribution in [0.1, 0.15) is 24.8 Å². The standard InChI is InChI=1S/C51H36N4O2/c1-3-13-31(14-4-1)49-52-50(32-15-5-2-6-16-32)54-51(53-49)34-26-28-43-38(30-34)47-35(19-11-23-45(47)56-43)33-25-27-44-39(29-33)48-42(22-12-24-46(48)57-44)55-40-20-9-7-17-36(40)37-18-8-10-21-41(37)55/h1,3-5,7-25,27-30,34,50H,2,6,26H2,(H,52,53,54). The molecule has 57 heavy (non-hydrogen) atoms. The molecule has 3 aromatic heterocycles. The van der Waals surface area contributed by atoms with Crippen LogP contribution in [-0.4, -0.2) is 22.4 Å². The molecule has 4 heterocycles. The molecule has 0 fully saturated rings. The van der Waals surface area contributed by atoms with Gasteiger partial charge in [0.15, 0.2) is 0 Å². The Kier molecular flexibility index (Phi) is 7.14. The van der Waals surface area contributed by atoms with E-state index >= 15 is 0 Å². The molecular formula is C51H36N4O2. The lowest BCUT2D eigenvalue weighted by molar-refractivity contribution is 0.570. The van der Waals surface area contributed by atoms with Crippen LogP contribution in [0.2, 0.25) is 0 Å². The quantitative estimate of drug-likeness (QED) is 0.191. The van der Waals surface area contributed by atoms with E-state index in [1.165, 1.54) is 27.4 Å². The monoisotopic (exact) mass is 736 g/mol. The van der Waals surface area contributed by atoms with Crippen LogP contribution in [0.15, 0.2) is 176 Å². The molecule has 0 spiro atoms. The molecule has 3 aliphatic rings. The third kappa shape index (κ3) is 5.10. The lowest BCUT2D eigenvalue weighted by Gasteiger charge is -2.27. The summed E-state index contributed by atoms with van der Waals surface area (Å²) in [5, 5.41) is 10.5. The molecule has 2 unspecified atom stereocenters. The molecule has 2 aliphatic carbocycles. The summed E-state index contributed by atoms with van der Waals surface area (Å²) in [6.07, 6.45) is 13.9. The van der Waals surface area contributed by atoms with Gasteiger partial charge in [-0.1, -0.05) is 115 Å². The summed E-state index contributed by atoms with van der Waals surface area (Å²) >= 11 is 0. The predicted molar refractivity (Wildman–Crippen MR) is 233 cm³/mol. The normalized spacial score (nSPS) is 17.9. The molecule has 1 aliphatic heterocycles. The van der Waals surface area contributed by atoms with Crippen molar-refractivity contribution in [3.63, 3.8) is 0 Å². The first-order chi connectivity index (χ1) is 28.2. The van der Waals surface area contributed by atoms with E-state index in [1.54, 1.807) is 0 Å². The van der Waals surface area contributed by atoms with Crippen molar-refractivity contribution in [2.75, 3.05) is 0 Å². The summed E-state index contributed by atoms with van der Waals surface area (Å²) < 4.78 is 15.5. The number of hydrogen-bond acceptors (Lipinski definition) is 5. The minimum Gasteiger partial charge on any atom is -0.456 e. The van der Waals surface area contributed by atoms with Crippen LogP contribution < -0.4 is 16.0 Å². The van der Waals surface area contributed by atoms with Crippen molar-refractivity contribution in [2.24, 2.45) is 15.9 Å². The number of nitrogens with one attached hydrogen (secondary N) is 1. The van der Waals surface area contributed by atoms with E-state index in [0.717, 1.165) is 96.9 Å². The van der Waals surface area contributed by atoms with Gasteiger partial charge < -0.3 is 18.7 Å². The highest BCUT2D eigenvalue weighted by atomic mass is 16.3. The van der Waals surface area contributed by atoms with Crippen molar-refractivity contribution in [3.05, 3.63) is 173 Å². The summed E-state index contributed by atoms with van der Waals surface area (Å²) in [6.45, 7) is 0. The number of amidine groups is 2. The van der Waals surface area contributed by atoms with Gasteiger partial charge in [-0.15, -0.1) is 0 Å². The van der Waals surface area contributed by atoms with E-state index in [0.29, 0.717) is 0 Å². The summed E-state index contributed by atoms with van der Waals surface area (Å²) in [4.78, 5) is 10.4. The molecule has 6 heteroatoms. The molecular weight excluding hydrogens is 701 g/mol. The highest BCUT2D eigenvalue weighted by Crippen LogP contribution is 2.40. The molecule has 0 bridgehead atoms. The number of rotatable bonds is 5. The molecule has 1 N–H and O–H groups in total. The van der Waals surface area contributed by atoms with Crippen LogP contribution >= 0.6 is 0 Å². The number of hydrogen-bond donors (Lipinski definition) is 1. The van der Waals surface area contributed by atoms with Gasteiger partial charge in [-0.2, -0.15) is 0 Å². The van der Waals surface area contributed by atoms with Crippen molar-refractivity contribution in [3.8, 4) is 16.8 Å². The van der Waals surface area contributed by atoms with E-state index in [1.807, 2.05) is 6.07 Å². The first-order valence-electron chi connectivity index (χ1n) is 19.8. The molecule has 6 aromatic carbocycles. The van der Waals surface area contributed by atoms with Gasteiger partial charge in [0.2, 0.25) is 0 Å². The second kappa shape index (κ2) is 12.7. The fourth-order valence-corrected chi connectivity index (χ4v) is 9.16. The fourth-order valence-electron chi connectivity index (χ4n) is 9.16. The Bertz CT molecular complexity index is 3320. The van der Waals surface area contributed by atoms with Crippen molar-refractivity contribution in [1.29, 1.82) is 0 Å². The molecule has 0 saturated heterocycles. The number of furan rings is 2. The third-order valence-corrected chi connectivity index (χ3v) is 11.8. The smallest absolute Gasteiger partial charge is 0.147 e. The first-order valence-corrected chi connectivity index (χ1v) is 19.8. The van der Waals surface area contributed by atoms with Gasteiger partial charge in [0.05, 0.1) is 22.1 Å². The predicted octanol–water partition coefficient (Wildman–Crippen LogP) is 10.7. The maximum Gasteiger partial charge on any atom is 0.147 e. The number of benzene rings is 6. The second-order valence-corrected chi connectivity index (χ2v) is 15.1. The summed E-state index contributed by atoms with van der Waals surface area (Å²) in [5.74, 6) is 1.66.